The lowest BCUT2D eigenvalue weighted by atomic mass is 9.91. The van der Waals surface area contributed by atoms with Crippen LogP contribution in [0.15, 0.2) is 12.2 Å². The molecule has 0 amide bonds. The lowest BCUT2D eigenvalue weighted by Gasteiger charge is -2.19. The van der Waals surface area contributed by atoms with E-state index in [2.05, 4.69) is 38.1 Å². The molecule has 0 spiro atoms. The number of nitrogens with zero attached hydrogens (tertiary/aromatic N) is 1. The molecule has 0 aromatic rings. The average molecular weight is 508 g/mol. The molecule has 1 atom stereocenters. The summed E-state index contributed by atoms with van der Waals surface area (Å²) >= 11 is 0. The Bertz CT molecular complexity index is 474. The van der Waals surface area contributed by atoms with Gasteiger partial charge in [-0.15, -0.1) is 0 Å². The van der Waals surface area contributed by atoms with Crippen LogP contribution in [0.3, 0.4) is 0 Å². The third-order valence-corrected chi connectivity index (χ3v) is 7.41. The largest absolute Gasteiger partial charge is 0.466 e. The molecule has 0 bridgehead atoms. The number of allylic oxidation sites excluding steroid dienone is 2. The van der Waals surface area contributed by atoms with Gasteiger partial charge in [0.05, 0.1) is 6.61 Å². The molecular weight excluding hydrogens is 442 g/mol. The zero-order valence-corrected chi connectivity index (χ0v) is 25.2. The summed E-state index contributed by atoms with van der Waals surface area (Å²) in [4.78, 5) is 13.6. The number of hydrogen-bond donors (Lipinski definition) is 0. The molecule has 3 heteroatoms. The van der Waals surface area contributed by atoms with Crippen LogP contribution in [0.2, 0.25) is 0 Å². The van der Waals surface area contributed by atoms with Crippen LogP contribution in [-0.4, -0.2) is 38.1 Å². The van der Waals surface area contributed by atoms with Crippen LogP contribution in [0.5, 0.6) is 0 Å². The van der Waals surface area contributed by atoms with Crippen molar-refractivity contribution in [1.82, 2.24) is 4.90 Å². The van der Waals surface area contributed by atoms with Gasteiger partial charge in [0.2, 0.25) is 0 Å². The molecule has 0 rings (SSSR count). The first kappa shape index (κ1) is 35.2. The predicted molar refractivity (Wildman–Crippen MR) is 160 cm³/mol. The lowest BCUT2D eigenvalue weighted by molar-refractivity contribution is -0.143. The number of rotatable bonds is 28. The van der Waals surface area contributed by atoms with Gasteiger partial charge in [0, 0.05) is 6.42 Å². The Morgan fingerprint density at radius 2 is 1.11 bits per heavy atom. The molecule has 0 N–H and O–H groups in total. The lowest BCUT2D eigenvalue weighted by Crippen LogP contribution is -2.17. The van der Waals surface area contributed by atoms with Crippen molar-refractivity contribution in [2.75, 3.05) is 27.2 Å². The number of unbranched alkanes of at least 4 members (excludes halogenated alkanes) is 16. The summed E-state index contributed by atoms with van der Waals surface area (Å²) < 4.78 is 4.96. The highest BCUT2D eigenvalue weighted by Crippen LogP contribution is 2.22. The third kappa shape index (κ3) is 27.8. The molecule has 0 heterocycles. The molecule has 214 valence electrons. The van der Waals surface area contributed by atoms with E-state index in [1.807, 2.05) is 6.92 Å². The van der Waals surface area contributed by atoms with E-state index in [0.29, 0.717) is 13.0 Å². The standard InChI is InChI=1S/C33H65NO2/c1-5-7-8-24-27-32(30-31-34(3)4)28-25-22-20-18-16-14-12-10-9-11-13-15-17-19-21-23-26-29-33(35)36-6-2/h11,13,32H,5-10,12,14-31H2,1-4H3. The maximum atomic E-state index is 11.3. The van der Waals surface area contributed by atoms with E-state index in [0.717, 1.165) is 18.8 Å². The Morgan fingerprint density at radius 1 is 0.639 bits per heavy atom. The fraction of sp³-hybridized carbons (Fsp3) is 0.909. The van der Waals surface area contributed by atoms with Crippen molar-refractivity contribution in [3.05, 3.63) is 12.2 Å². The predicted octanol–water partition coefficient (Wildman–Crippen LogP) is 10.3. The summed E-state index contributed by atoms with van der Waals surface area (Å²) in [5.41, 5.74) is 0. The first-order chi connectivity index (χ1) is 17.6. The van der Waals surface area contributed by atoms with E-state index in [-0.39, 0.29) is 5.97 Å². The Labute approximate surface area is 227 Å². The fourth-order valence-corrected chi connectivity index (χ4v) is 5.02. The van der Waals surface area contributed by atoms with Crippen LogP contribution in [-0.2, 0) is 9.53 Å². The number of esters is 1. The van der Waals surface area contributed by atoms with Crippen LogP contribution in [0.4, 0.5) is 0 Å². The van der Waals surface area contributed by atoms with Gasteiger partial charge in [0.25, 0.3) is 0 Å². The van der Waals surface area contributed by atoms with Crippen molar-refractivity contribution < 1.29 is 9.53 Å². The monoisotopic (exact) mass is 508 g/mol. The average Bonchev–Trinajstić information content (AvgIpc) is 2.86. The van der Waals surface area contributed by atoms with E-state index in [1.54, 1.807) is 0 Å². The van der Waals surface area contributed by atoms with E-state index in [9.17, 15) is 4.79 Å². The Hall–Kier alpha value is -0.830. The normalized spacial score (nSPS) is 12.6. The second-order valence-electron chi connectivity index (χ2n) is 11.3. The molecule has 0 aliphatic heterocycles. The molecule has 0 aliphatic rings. The van der Waals surface area contributed by atoms with Gasteiger partial charge in [0.1, 0.15) is 0 Å². The molecule has 0 saturated carbocycles. The van der Waals surface area contributed by atoms with Crippen molar-refractivity contribution >= 4 is 5.97 Å². The smallest absolute Gasteiger partial charge is 0.305 e. The topological polar surface area (TPSA) is 29.5 Å². The minimum absolute atomic E-state index is 0.0384. The molecule has 0 saturated heterocycles. The maximum Gasteiger partial charge on any atom is 0.305 e. The summed E-state index contributed by atoms with van der Waals surface area (Å²) in [5.74, 6) is 0.920. The van der Waals surface area contributed by atoms with Crippen molar-refractivity contribution in [3.63, 3.8) is 0 Å². The third-order valence-electron chi connectivity index (χ3n) is 7.41. The van der Waals surface area contributed by atoms with Crippen molar-refractivity contribution in [2.45, 2.75) is 162 Å². The van der Waals surface area contributed by atoms with Crippen LogP contribution in [0.25, 0.3) is 0 Å². The second-order valence-corrected chi connectivity index (χ2v) is 11.3. The van der Waals surface area contributed by atoms with E-state index >= 15 is 0 Å². The first-order valence-electron chi connectivity index (χ1n) is 16.0. The number of ether oxygens (including phenoxy) is 1. The zero-order chi connectivity index (χ0) is 26.5. The Kier molecular flexibility index (Phi) is 28.1. The van der Waals surface area contributed by atoms with E-state index < -0.39 is 0 Å². The zero-order valence-electron chi connectivity index (χ0n) is 25.2. The molecule has 0 aromatic carbocycles. The van der Waals surface area contributed by atoms with Crippen molar-refractivity contribution in [2.24, 2.45) is 5.92 Å². The molecule has 0 aliphatic carbocycles. The molecular formula is C33H65NO2. The number of carbonyl (C=O) groups excluding carboxylic acids is 1. The van der Waals surface area contributed by atoms with Gasteiger partial charge in [-0.1, -0.05) is 122 Å². The Morgan fingerprint density at radius 3 is 1.61 bits per heavy atom. The van der Waals surface area contributed by atoms with E-state index in [4.69, 9.17) is 4.74 Å². The van der Waals surface area contributed by atoms with E-state index in [1.165, 1.54) is 135 Å². The highest BCUT2D eigenvalue weighted by molar-refractivity contribution is 5.69. The fourth-order valence-electron chi connectivity index (χ4n) is 5.02. The van der Waals surface area contributed by atoms with Crippen LogP contribution < -0.4 is 0 Å². The minimum Gasteiger partial charge on any atom is -0.466 e. The van der Waals surface area contributed by atoms with Gasteiger partial charge in [-0.3, -0.25) is 4.79 Å². The van der Waals surface area contributed by atoms with Crippen LogP contribution >= 0.6 is 0 Å². The van der Waals surface area contributed by atoms with Gasteiger partial charge in [-0.2, -0.15) is 0 Å². The van der Waals surface area contributed by atoms with Crippen LogP contribution in [0.1, 0.15) is 162 Å². The summed E-state index contributed by atoms with van der Waals surface area (Å²) in [6.45, 7) is 5.94. The van der Waals surface area contributed by atoms with Gasteiger partial charge < -0.3 is 9.64 Å². The van der Waals surface area contributed by atoms with Gasteiger partial charge in [-0.05, 0) is 72.0 Å². The minimum atomic E-state index is -0.0384. The molecule has 0 radical (unpaired) electrons. The quantitative estimate of drug-likeness (QED) is 0.0599. The summed E-state index contributed by atoms with van der Waals surface area (Å²) in [6.07, 6.45) is 35.1. The molecule has 0 fully saturated rings. The molecule has 3 nitrogen and oxygen atoms in total. The maximum absolute atomic E-state index is 11.3. The van der Waals surface area contributed by atoms with Gasteiger partial charge >= 0.3 is 5.97 Å². The van der Waals surface area contributed by atoms with Crippen LogP contribution in [0, 0.1) is 5.92 Å². The van der Waals surface area contributed by atoms with Crippen molar-refractivity contribution in [3.8, 4) is 0 Å². The number of carbonyl (C=O) groups is 1. The molecule has 1 unspecified atom stereocenters. The summed E-state index contributed by atoms with van der Waals surface area (Å²) in [7, 11) is 4.43. The highest BCUT2D eigenvalue weighted by Gasteiger charge is 2.09. The summed E-state index contributed by atoms with van der Waals surface area (Å²) in [6, 6.07) is 0. The Balaban J connectivity index is 3.45. The highest BCUT2D eigenvalue weighted by atomic mass is 16.5. The van der Waals surface area contributed by atoms with Crippen molar-refractivity contribution in [1.29, 1.82) is 0 Å². The number of hydrogen-bond acceptors (Lipinski definition) is 3. The summed E-state index contributed by atoms with van der Waals surface area (Å²) in [5, 5.41) is 0. The molecule has 36 heavy (non-hydrogen) atoms. The van der Waals surface area contributed by atoms with Gasteiger partial charge in [-0.25, -0.2) is 0 Å². The SMILES string of the molecule is CCCCCCC(CCCCCCCCCCC=CCCCCCCCC(=O)OCC)CCN(C)C. The second kappa shape index (κ2) is 28.7. The molecule has 0 aromatic heterocycles. The first-order valence-corrected chi connectivity index (χ1v) is 16.0. The van der Waals surface area contributed by atoms with Gasteiger partial charge in [0.15, 0.2) is 0 Å².